The third-order valence-electron chi connectivity index (χ3n) is 3.80. The summed E-state index contributed by atoms with van der Waals surface area (Å²) in [7, 11) is 0. The molecule has 1 amide bonds. The van der Waals surface area contributed by atoms with Gasteiger partial charge in [0.1, 0.15) is 0 Å². The second-order valence-electron chi connectivity index (χ2n) is 5.45. The minimum absolute atomic E-state index is 0.0779. The predicted octanol–water partition coefficient (Wildman–Crippen LogP) is 3.89. The van der Waals surface area contributed by atoms with Gasteiger partial charge < -0.3 is 10.4 Å². The zero-order chi connectivity index (χ0) is 16.6. The average molecular weight is 322 g/mol. The number of halogens is 3. The van der Waals surface area contributed by atoms with Crippen molar-refractivity contribution < 1.29 is 23.1 Å². The minimum Gasteiger partial charge on any atom is -0.465 e. The van der Waals surface area contributed by atoms with Gasteiger partial charge >= 0.3 is 12.3 Å². The van der Waals surface area contributed by atoms with E-state index in [2.05, 4.69) is 10.3 Å². The highest BCUT2D eigenvalue weighted by atomic mass is 19.4. The maximum atomic E-state index is 12.7. The molecule has 1 aliphatic rings. The van der Waals surface area contributed by atoms with Gasteiger partial charge in [-0.25, -0.2) is 4.79 Å². The Balaban J connectivity index is 1.77. The fourth-order valence-electron chi connectivity index (χ4n) is 2.53. The molecule has 7 heteroatoms. The largest absolute Gasteiger partial charge is 0.465 e. The lowest BCUT2D eigenvalue weighted by molar-refractivity contribution is -0.137. The van der Waals surface area contributed by atoms with Crippen molar-refractivity contribution in [1.29, 1.82) is 0 Å². The van der Waals surface area contributed by atoms with E-state index in [0.717, 1.165) is 17.7 Å². The maximum absolute atomic E-state index is 12.7. The maximum Gasteiger partial charge on any atom is 0.416 e. The summed E-state index contributed by atoms with van der Waals surface area (Å²) in [4.78, 5) is 14.8. The van der Waals surface area contributed by atoms with Crippen molar-refractivity contribution in [2.24, 2.45) is 0 Å². The molecule has 0 saturated heterocycles. The Bertz CT molecular complexity index is 729. The normalized spacial score (nSPS) is 20.1. The molecule has 0 unspecified atom stereocenters. The molecule has 0 radical (unpaired) electrons. The predicted molar refractivity (Wildman–Crippen MR) is 77.0 cm³/mol. The van der Waals surface area contributed by atoms with Crippen molar-refractivity contribution in [3.05, 3.63) is 53.7 Å². The van der Waals surface area contributed by atoms with Gasteiger partial charge in [0.25, 0.3) is 0 Å². The number of hydrogen-bond donors (Lipinski definition) is 2. The van der Waals surface area contributed by atoms with E-state index in [1.807, 2.05) is 0 Å². The lowest BCUT2D eigenvalue weighted by atomic mass is 10.1. The number of benzene rings is 1. The molecule has 23 heavy (non-hydrogen) atoms. The van der Waals surface area contributed by atoms with Crippen LogP contribution in [-0.4, -0.2) is 22.2 Å². The van der Waals surface area contributed by atoms with Crippen LogP contribution in [-0.2, 0) is 6.18 Å². The Morgan fingerprint density at radius 3 is 2.65 bits per heavy atom. The van der Waals surface area contributed by atoms with Crippen molar-refractivity contribution in [1.82, 2.24) is 10.3 Å². The molecule has 0 spiro atoms. The Morgan fingerprint density at radius 2 is 2.04 bits per heavy atom. The summed E-state index contributed by atoms with van der Waals surface area (Å²) in [6.45, 7) is 0. The zero-order valence-corrected chi connectivity index (χ0v) is 11.8. The number of pyridine rings is 1. The van der Waals surface area contributed by atoms with Crippen LogP contribution in [0.4, 0.5) is 18.0 Å². The number of amides is 1. The standard InChI is InChI=1S/C16H13F3N2O2/c17-16(18,19)11-3-1-2-9(6-11)13-5-4-10(8-20-13)12-7-14(12)21-15(22)23/h1-6,8,12,14,21H,7H2,(H,22,23)/t12-,14+/m0/s1. The van der Waals surface area contributed by atoms with Crippen molar-refractivity contribution in [3.63, 3.8) is 0 Å². The second kappa shape index (κ2) is 5.57. The molecule has 4 nitrogen and oxygen atoms in total. The first-order chi connectivity index (χ1) is 10.8. The molecule has 2 N–H and O–H groups in total. The first kappa shape index (κ1) is 15.3. The SMILES string of the molecule is O=C(O)N[C@@H]1C[C@H]1c1ccc(-c2cccc(C(F)(F)F)c2)nc1. The molecule has 2 aromatic rings. The molecular weight excluding hydrogens is 309 g/mol. The van der Waals surface area contributed by atoms with Gasteiger partial charge in [-0.2, -0.15) is 13.2 Å². The quantitative estimate of drug-likeness (QED) is 0.901. The molecule has 1 aromatic heterocycles. The molecule has 3 rings (SSSR count). The topological polar surface area (TPSA) is 62.2 Å². The second-order valence-corrected chi connectivity index (χ2v) is 5.45. The number of rotatable bonds is 3. The van der Waals surface area contributed by atoms with Crippen molar-refractivity contribution in [2.45, 2.75) is 24.6 Å². The summed E-state index contributed by atoms with van der Waals surface area (Å²) in [6, 6.07) is 8.31. The summed E-state index contributed by atoms with van der Waals surface area (Å²) in [6.07, 6.45) is -3.16. The van der Waals surface area contributed by atoms with Gasteiger partial charge in [0.15, 0.2) is 0 Å². The van der Waals surface area contributed by atoms with E-state index in [9.17, 15) is 18.0 Å². The van der Waals surface area contributed by atoms with Gasteiger partial charge in [-0.1, -0.05) is 18.2 Å². The minimum atomic E-state index is -4.39. The van der Waals surface area contributed by atoms with E-state index in [1.54, 1.807) is 24.4 Å². The van der Waals surface area contributed by atoms with E-state index < -0.39 is 17.8 Å². The summed E-state index contributed by atoms with van der Waals surface area (Å²) in [5.41, 5.74) is 0.999. The first-order valence-electron chi connectivity index (χ1n) is 6.97. The van der Waals surface area contributed by atoms with E-state index in [1.165, 1.54) is 6.07 Å². The highest BCUT2D eigenvalue weighted by Crippen LogP contribution is 2.41. The third kappa shape index (κ3) is 3.44. The summed E-state index contributed by atoms with van der Waals surface area (Å²) < 4.78 is 38.2. The van der Waals surface area contributed by atoms with Crippen LogP contribution in [0, 0.1) is 0 Å². The number of carboxylic acid groups (broad SMARTS) is 1. The van der Waals surface area contributed by atoms with Crippen molar-refractivity contribution in [2.75, 3.05) is 0 Å². The number of nitrogens with zero attached hydrogens (tertiary/aromatic N) is 1. The van der Waals surface area contributed by atoms with Gasteiger partial charge in [0.05, 0.1) is 11.3 Å². The number of alkyl halides is 3. The highest BCUT2D eigenvalue weighted by Gasteiger charge is 2.39. The number of carbonyl (C=O) groups is 1. The molecule has 1 saturated carbocycles. The van der Waals surface area contributed by atoms with Gasteiger partial charge in [-0.05, 0) is 30.2 Å². The van der Waals surface area contributed by atoms with Crippen LogP contribution < -0.4 is 5.32 Å². The van der Waals surface area contributed by atoms with Crippen LogP contribution >= 0.6 is 0 Å². The van der Waals surface area contributed by atoms with E-state index >= 15 is 0 Å². The Labute approximate surface area is 130 Å². The lowest BCUT2D eigenvalue weighted by Gasteiger charge is -2.09. The average Bonchev–Trinajstić information content (AvgIpc) is 3.25. The van der Waals surface area contributed by atoms with Crippen LogP contribution in [0.2, 0.25) is 0 Å². The Kier molecular flexibility index (Phi) is 3.71. The number of aromatic nitrogens is 1. The zero-order valence-electron chi connectivity index (χ0n) is 11.8. The fraction of sp³-hybridized carbons (Fsp3) is 0.250. The van der Waals surface area contributed by atoms with Crippen LogP contribution in [0.1, 0.15) is 23.5 Å². The highest BCUT2D eigenvalue weighted by molar-refractivity contribution is 5.66. The van der Waals surface area contributed by atoms with Crippen molar-refractivity contribution >= 4 is 6.09 Å². The molecule has 1 heterocycles. The summed E-state index contributed by atoms with van der Waals surface area (Å²) >= 11 is 0. The molecule has 0 bridgehead atoms. The van der Waals surface area contributed by atoms with Gasteiger partial charge in [-0.15, -0.1) is 0 Å². The van der Waals surface area contributed by atoms with Gasteiger partial charge in [0.2, 0.25) is 0 Å². The Morgan fingerprint density at radius 1 is 1.26 bits per heavy atom. The molecule has 2 atom stereocenters. The summed E-state index contributed by atoms with van der Waals surface area (Å²) in [5, 5.41) is 11.1. The molecule has 1 aliphatic carbocycles. The smallest absolute Gasteiger partial charge is 0.416 e. The molecular formula is C16H13F3N2O2. The van der Waals surface area contributed by atoms with Crippen LogP contribution in [0.15, 0.2) is 42.6 Å². The van der Waals surface area contributed by atoms with Crippen molar-refractivity contribution in [3.8, 4) is 11.3 Å². The van der Waals surface area contributed by atoms with E-state index in [-0.39, 0.29) is 12.0 Å². The molecule has 0 aliphatic heterocycles. The number of hydrogen-bond acceptors (Lipinski definition) is 2. The van der Waals surface area contributed by atoms with Crippen LogP contribution in [0.25, 0.3) is 11.3 Å². The first-order valence-corrected chi connectivity index (χ1v) is 6.97. The van der Waals surface area contributed by atoms with Crippen LogP contribution in [0.3, 0.4) is 0 Å². The van der Waals surface area contributed by atoms with E-state index in [4.69, 9.17) is 5.11 Å². The monoisotopic (exact) mass is 322 g/mol. The Hall–Kier alpha value is -2.57. The third-order valence-corrected chi connectivity index (χ3v) is 3.80. The van der Waals surface area contributed by atoms with E-state index in [0.29, 0.717) is 17.7 Å². The van der Waals surface area contributed by atoms with Gasteiger partial charge in [-0.3, -0.25) is 4.98 Å². The molecule has 120 valence electrons. The number of nitrogens with one attached hydrogen (secondary N) is 1. The molecule has 1 fully saturated rings. The molecule has 1 aromatic carbocycles. The van der Waals surface area contributed by atoms with Crippen LogP contribution in [0.5, 0.6) is 0 Å². The summed E-state index contributed by atoms with van der Waals surface area (Å²) in [5.74, 6) is 0.0779. The lowest BCUT2D eigenvalue weighted by Crippen LogP contribution is -2.24. The fourth-order valence-corrected chi connectivity index (χ4v) is 2.53. The van der Waals surface area contributed by atoms with Gasteiger partial charge in [0, 0.05) is 23.7 Å².